The number of fused-ring (bicyclic) bond motifs is 1. The van der Waals surface area contributed by atoms with Crippen molar-refractivity contribution in [3.63, 3.8) is 0 Å². The summed E-state index contributed by atoms with van der Waals surface area (Å²) in [4.78, 5) is 0. The van der Waals surface area contributed by atoms with Gasteiger partial charge in [0.15, 0.2) is 0 Å². The number of benzene rings is 3. The Bertz CT molecular complexity index is 1120. The lowest BCUT2D eigenvalue weighted by atomic mass is 9.98. The standard InChI is InChI=1S/C27H26N2O3/c1-2-20(16-28)21-5-10-25(11-6-21)31-17-19-3-8-24(9-4-19)32-18-26(29)22-7-12-27-23(15-22)13-14-30-27/h3-12,15,20,29H,2,13-14,17-18H2,1H3. The molecule has 0 amide bonds. The van der Waals surface area contributed by atoms with Crippen molar-refractivity contribution in [2.24, 2.45) is 0 Å². The average Bonchev–Trinajstić information content (AvgIpc) is 3.31. The van der Waals surface area contributed by atoms with Crippen LogP contribution in [0.3, 0.4) is 0 Å². The van der Waals surface area contributed by atoms with E-state index in [1.807, 2.05) is 73.7 Å². The molecule has 5 nitrogen and oxygen atoms in total. The first-order chi connectivity index (χ1) is 15.7. The fraction of sp³-hybridized carbons (Fsp3) is 0.259. The lowest BCUT2D eigenvalue weighted by molar-refractivity contribution is 0.305. The van der Waals surface area contributed by atoms with Gasteiger partial charge in [-0.15, -0.1) is 0 Å². The van der Waals surface area contributed by atoms with Crippen LogP contribution in [0.5, 0.6) is 17.2 Å². The molecule has 0 radical (unpaired) electrons. The molecule has 3 aromatic carbocycles. The highest BCUT2D eigenvalue weighted by molar-refractivity contribution is 5.99. The van der Waals surface area contributed by atoms with Gasteiger partial charge in [0.05, 0.1) is 24.3 Å². The Morgan fingerprint density at radius 1 is 1.03 bits per heavy atom. The highest BCUT2D eigenvalue weighted by Gasteiger charge is 2.14. The van der Waals surface area contributed by atoms with Gasteiger partial charge < -0.3 is 19.6 Å². The van der Waals surface area contributed by atoms with Crippen LogP contribution in [-0.2, 0) is 13.0 Å². The van der Waals surface area contributed by atoms with Gasteiger partial charge in [0, 0.05) is 6.42 Å². The fourth-order valence-electron chi connectivity index (χ4n) is 3.66. The second-order valence-electron chi connectivity index (χ2n) is 7.78. The Hall–Kier alpha value is -3.78. The summed E-state index contributed by atoms with van der Waals surface area (Å²) < 4.78 is 17.2. The lowest BCUT2D eigenvalue weighted by Gasteiger charge is -2.11. The average molecular weight is 427 g/mol. The molecule has 32 heavy (non-hydrogen) atoms. The Morgan fingerprint density at radius 3 is 2.47 bits per heavy atom. The molecule has 1 unspecified atom stereocenters. The molecule has 3 aromatic rings. The topological polar surface area (TPSA) is 75.3 Å². The molecule has 4 rings (SSSR count). The van der Waals surface area contributed by atoms with Crippen molar-refractivity contribution in [3.8, 4) is 23.3 Å². The number of nitriles is 1. The van der Waals surface area contributed by atoms with Crippen molar-refractivity contribution in [3.05, 3.63) is 89.0 Å². The van der Waals surface area contributed by atoms with Crippen LogP contribution < -0.4 is 14.2 Å². The Labute approximate surface area is 188 Å². The monoisotopic (exact) mass is 426 g/mol. The van der Waals surface area contributed by atoms with E-state index in [0.29, 0.717) is 18.9 Å². The van der Waals surface area contributed by atoms with E-state index >= 15 is 0 Å². The third kappa shape index (κ3) is 5.09. The van der Waals surface area contributed by atoms with Crippen molar-refractivity contribution in [2.75, 3.05) is 13.2 Å². The predicted molar refractivity (Wildman–Crippen MR) is 124 cm³/mol. The summed E-state index contributed by atoms with van der Waals surface area (Å²) in [5.74, 6) is 2.34. The minimum absolute atomic E-state index is 0.0743. The summed E-state index contributed by atoms with van der Waals surface area (Å²) in [5, 5.41) is 17.5. The number of nitrogens with one attached hydrogen (secondary N) is 1. The quantitative estimate of drug-likeness (QED) is 0.448. The van der Waals surface area contributed by atoms with Gasteiger partial charge in [-0.2, -0.15) is 5.26 Å². The van der Waals surface area contributed by atoms with Gasteiger partial charge in [-0.05, 0) is 71.1 Å². The molecule has 0 bridgehead atoms. The van der Waals surface area contributed by atoms with Crippen LogP contribution in [0.15, 0.2) is 66.7 Å². The summed E-state index contributed by atoms with van der Waals surface area (Å²) in [7, 11) is 0. The molecular weight excluding hydrogens is 400 g/mol. The summed E-state index contributed by atoms with van der Waals surface area (Å²) in [6.07, 6.45) is 1.69. The maximum Gasteiger partial charge on any atom is 0.130 e. The zero-order valence-corrected chi connectivity index (χ0v) is 18.1. The predicted octanol–water partition coefficient (Wildman–Crippen LogP) is 5.66. The number of ether oxygens (including phenoxy) is 3. The van der Waals surface area contributed by atoms with Crippen LogP contribution in [0.4, 0.5) is 0 Å². The van der Waals surface area contributed by atoms with Crippen LogP contribution in [-0.4, -0.2) is 18.9 Å². The van der Waals surface area contributed by atoms with Crippen LogP contribution >= 0.6 is 0 Å². The summed E-state index contributed by atoms with van der Waals surface area (Å²) in [6.45, 7) is 3.38. The first kappa shape index (κ1) is 21.5. The van der Waals surface area contributed by atoms with Crippen LogP contribution in [0.1, 0.15) is 41.5 Å². The van der Waals surface area contributed by atoms with Crippen molar-refractivity contribution >= 4 is 5.71 Å². The zero-order chi connectivity index (χ0) is 22.3. The molecule has 1 N–H and O–H groups in total. The Balaban J connectivity index is 1.27. The molecule has 0 spiro atoms. The largest absolute Gasteiger partial charge is 0.493 e. The smallest absolute Gasteiger partial charge is 0.130 e. The summed E-state index contributed by atoms with van der Waals surface area (Å²) in [5.41, 5.74) is 4.50. The van der Waals surface area contributed by atoms with E-state index in [2.05, 4.69) is 6.07 Å². The number of hydrogen-bond acceptors (Lipinski definition) is 5. The zero-order valence-electron chi connectivity index (χ0n) is 18.1. The van der Waals surface area contributed by atoms with Gasteiger partial charge in [0.25, 0.3) is 0 Å². The normalized spacial score (nSPS) is 12.9. The van der Waals surface area contributed by atoms with Crippen molar-refractivity contribution in [2.45, 2.75) is 32.3 Å². The van der Waals surface area contributed by atoms with Crippen molar-refractivity contribution in [1.82, 2.24) is 0 Å². The molecular formula is C27H26N2O3. The first-order valence-corrected chi connectivity index (χ1v) is 10.8. The Morgan fingerprint density at radius 2 is 1.75 bits per heavy atom. The summed E-state index contributed by atoms with van der Waals surface area (Å²) in [6, 6.07) is 23.6. The van der Waals surface area contributed by atoms with E-state index in [1.165, 1.54) is 0 Å². The van der Waals surface area contributed by atoms with Crippen LogP contribution in [0.25, 0.3) is 0 Å². The minimum atomic E-state index is -0.0743. The SMILES string of the molecule is CCC(C#N)c1ccc(OCc2ccc(OCC(=N)c3ccc4c(c3)CCO4)cc2)cc1. The number of nitrogens with zero attached hydrogens (tertiary/aromatic N) is 1. The van der Waals surface area contributed by atoms with Crippen LogP contribution in [0, 0.1) is 16.7 Å². The van der Waals surface area contributed by atoms with Gasteiger partial charge in [0.2, 0.25) is 0 Å². The molecule has 0 saturated carbocycles. The lowest BCUT2D eigenvalue weighted by Crippen LogP contribution is -2.11. The number of hydrogen-bond donors (Lipinski definition) is 1. The van der Waals surface area contributed by atoms with Gasteiger partial charge in [0.1, 0.15) is 30.5 Å². The third-order valence-corrected chi connectivity index (χ3v) is 5.60. The van der Waals surface area contributed by atoms with E-state index in [0.717, 1.165) is 52.3 Å². The van der Waals surface area contributed by atoms with Crippen LogP contribution in [0.2, 0.25) is 0 Å². The van der Waals surface area contributed by atoms with Crippen molar-refractivity contribution in [1.29, 1.82) is 10.7 Å². The highest BCUT2D eigenvalue weighted by Crippen LogP contribution is 2.26. The van der Waals surface area contributed by atoms with Crippen molar-refractivity contribution < 1.29 is 14.2 Å². The molecule has 0 saturated heterocycles. The molecule has 5 heteroatoms. The van der Waals surface area contributed by atoms with Gasteiger partial charge >= 0.3 is 0 Å². The molecule has 1 aliphatic rings. The maximum atomic E-state index is 9.18. The van der Waals surface area contributed by atoms with E-state index < -0.39 is 0 Å². The molecule has 0 fully saturated rings. The molecule has 1 heterocycles. The molecule has 0 aliphatic carbocycles. The molecule has 1 atom stereocenters. The maximum absolute atomic E-state index is 9.18. The van der Waals surface area contributed by atoms with Gasteiger partial charge in [-0.25, -0.2) is 0 Å². The second kappa shape index (κ2) is 10.0. The molecule has 0 aromatic heterocycles. The highest BCUT2D eigenvalue weighted by atomic mass is 16.5. The minimum Gasteiger partial charge on any atom is -0.493 e. The van der Waals surface area contributed by atoms with Gasteiger partial charge in [-0.3, -0.25) is 0 Å². The van der Waals surface area contributed by atoms with E-state index in [9.17, 15) is 5.26 Å². The number of rotatable bonds is 9. The second-order valence-corrected chi connectivity index (χ2v) is 7.78. The summed E-state index contributed by atoms with van der Waals surface area (Å²) >= 11 is 0. The molecule has 1 aliphatic heterocycles. The first-order valence-electron chi connectivity index (χ1n) is 10.8. The molecule has 162 valence electrons. The van der Waals surface area contributed by atoms with E-state index in [4.69, 9.17) is 19.6 Å². The van der Waals surface area contributed by atoms with E-state index in [-0.39, 0.29) is 12.5 Å². The Kier molecular flexibility index (Phi) is 6.72. The van der Waals surface area contributed by atoms with E-state index in [1.54, 1.807) is 0 Å². The fourth-order valence-corrected chi connectivity index (χ4v) is 3.66. The third-order valence-electron chi connectivity index (χ3n) is 5.60. The van der Waals surface area contributed by atoms with Gasteiger partial charge in [-0.1, -0.05) is 31.2 Å².